The maximum absolute atomic E-state index is 6.16. The molecule has 1 atom stereocenters. The molecule has 1 N–H and O–H groups in total. The van der Waals surface area contributed by atoms with E-state index in [1.165, 1.54) is 6.33 Å². The second-order valence-corrected chi connectivity index (χ2v) is 5.94. The fraction of sp³-hybridized carbons (Fsp3) is 0.389. The van der Waals surface area contributed by atoms with Gasteiger partial charge in [-0.25, -0.2) is 4.98 Å². The van der Waals surface area contributed by atoms with Crippen molar-refractivity contribution in [2.75, 3.05) is 11.9 Å². The van der Waals surface area contributed by atoms with E-state index in [0.717, 1.165) is 34.8 Å². The van der Waals surface area contributed by atoms with Gasteiger partial charge in [0.05, 0.1) is 6.54 Å². The Kier molecular flexibility index (Phi) is 4.64. The van der Waals surface area contributed by atoms with E-state index < -0.39 is 0 Å². The third-order valence-corrected chi connectivity index (χ3v) is 4.25. The van der Waals surface area contributed by atoms with Crippen LogP contribution >= 0.6 is 0 Å². The predicted molar refractivity (Wildman–Crippen MR) is 94.6 cm³/mol. The van der Waals surface area contributed by atoms with Crippen LogP contribution in [0.1, 0.15) is 30.2 Å². The van der Waals surface area contributed by atoms with Crippen LogP contribution in [0.2, 0.25) is 0 Å². The number of nitrogens with zero attached hydrogens (tertiary/aromatic N) is 4. The van der Waals surface area contributed by atoms with E-state index in [9.17, 15) is 0 Å². The van der Waals surface area contributed by atoms with E-state index in [1.807, 2.05) is 32.0 Å². The molecule has 0 saturated carbocycles. The smallest absolute Gasteiger partial charge is 0.254 e. The Balaban J connectivity index is 1.78. The molecule has 0 saturated heterocycles. The lowest BCUT2D eigenvalue weighted by Crippen LogP contribution is -2.27. The Bertz CT molecular complexity index is 843. The van der Waals surface area contributed by atoms with Crippen molar-refractivity contribution in [2.24, 2.45) is 0 Å². The molecule has 0 spiro atoms. The van der Waals surface area contributed by atoms with E-state index in [1.54, 1.807) is 4.52 Å². The molecule has 0 amide bonds. The van der Waals surface area contributed by atoms with Gasteiger partial charge in [-0.1, -0.05) is 25.1 Å². The zero-order valence-corrected chi connectivity index (χ0v) is 14.6. The number of anilines is 1. The summed E-state index contributed by atoms with van der Waals surface area (Å²) < 4.78 is 7.90. The molecular formula is C18H23N5O. The highest BCUT2D eigenvalue weighted by Gasteiger charge is 2.14. The van der Waals surface area contributed by atoms with Crippen LogP contribution in [0.3, 0.4) is 0 Å². The van der Waals surface area contributed by atoms with Gasteiger partial charge in [-0.3, -0.25) is 0 Å². The molecule has 0 fully saturated rings. The molecule has 2 aromatic heterocycles. The summed E-state index contributed by atoms with van der Waals surface area (Å²) in [5.74, 6) is 2.45. The van der Waals surface area contributed by atoms with Crippen LogP contribution in [0.4, 0.5) is 5.82 Å². The summed E-state index contributed by atoms with van der Waals surface area (Å²) in [6, 6.07) is 8.09. The van der Waals surface area contributed by atoms with Crippen molar-refractivity contribution < 1.29 is 4.74 Å². The van der Waals surface area contributed by atoms with Gasteiger partial charge in [0.1, 0.15) is 24.0 Å². The SMILES string of the molecule is CCC(CNc1c(C)c(C)nc2ncnn12)Oc1ccccc1C. The number of para-hydroxylation sites is 1. The van der Waals surface area contributed by atoms with Gasteiger partial charge in [0.15, 0.2) is 0 Å². The number of aromatic nitrogens is 4. The topological polar surface area (TPSA) is 64.3 Å². The van der Waals surface area contributed by atoms with Crippen LogP contribution in [0.5, 0.6) is 5.75 Å². The second-order valence-electron chi connectivity index (χ2n) is 5.94. The van der Waals surface area contributed by atoms with Gasteiger partial charge in [0.2, 0.25) is 0 Å². The highest BCUT2D eigenvalue weighted by atomic mass is 16.5. The summed E-state index contributed by atoms with van der Waals surface area (Å²) in [5.41, 5.74) is 3.16. The van der Waals surface area contributed by atoms with Crippen molar-refractivity contribution in [2.45, 2.75) is 40.2 Å². The third kappa shape index (κ3) is 3.18. The molecule has 6 heteroatoms. The number of nitrogens with one attached hydrogen (secondary N) is 1. The minimum atomic E-state index is 0.0672. The number of hydrogen-bond acceptors (Lipinski definition) is 5. The van der Waals surface area contributed by atoms with Crippen LogP contribution in [-0.2, 0) is 0 Å². The van der Waals surface area contributed by atoms with Crippen molar-refractivity contribution in [1.29, 1.82) is 0 Å². The summed E-state index contributed by atoms with van der Waals surface area (Å²) in [6.45, 7) is 8.89. The van der Waals surface area contributed by atoms with Gasteiger partial charge in [-0.2, -0.15) is 14.6 Å². The monoisotopic (exact) mass is 325 g/mol. The first-order chi connectivity index (χ1) is 11.6. The Labute approximate surface area is 141 Å². The Morgan fingerprint density at radius 1 is 1.21 bits per heavy atom. The third-order valence-electron chi connectivity index (χ3n) is 4.25. The van der Waals surface area contributed by atoms with E-state index in [0.29, 0.717) is 12.3 Å². The molecule has 0 bridgehead atoms. The molecule has 1 unspecified atom stereocenters. The average Bonchev–Trinajstić information content (AvgIpc) is 3.03. The van der Waals surface area contributed by atoms with Crippen molar-refractivity contribution in [3.8, 4) is 5.75 Å². The summed E-state index contributed by atoms with van der Waals surface area (Å²) in [4.78, 5) is 8.62. The summed E-state index contributed by atoms with van der Waals surface area (Å²) >= 11 is 0. The molecule has 0 aliphatic heterocycles. The van der Waals surface area contributed by atoms with Crippen LogP contribution < -0.4 is 10.1 Å². The van der Waals surface area contributed by atoms with Crippen LogP contribution in [0.25, 0.3) is 5.78 Å². The summed E-state index contributed by atoms with van der Waals surface area (Å²) in [6.07, 6.45) is 2.50. The molecule has 3 aromatic rings. The molecule has 126 valence electrons. The lowest BCUT2D eigenvalue weighted by atomic mass is 10.2. The van der Waals surface area contributed by atoms with Gasteiger partial charge >= 0.3 is 0 Å². The van der Waals surface area contributed by atoms with E-state index in [-0.39, 0.29) is 6.10 Å². The van der Waals surface area contributed by atoms with E-state index in [4.69, 9.17) is 4.74 Å². The fourth-order valence-corrected chi connectivity index (χ4v) is 2.59. The summed E-state index contributed by atoms with van der Waals surface area (Å²) in [5, 5.41) is 7.73. The van der Waals surface area contributed by atoms with Crippen LogP contribution in [-0.4, -0.2) is 32.2 Å². The Morgan fingerprint density at radius 2 is 2.00 bits per heavy atom. The van der Waals surface area contributed by atoms with Crippen LogP contribution in [0.15, 0.2) is 30.6 Å². The van der Waals surface area contributed by atoms with E-state index >= 15 is 0 Å². The highest BCUT2D eigenvalue weighted by molar-refractivity contribution is 5.51. The van der Waals surface area contributed by atoms with Gasteiger partial charge in [0, 0.05) is 11.3 Å². The predicted octanol–water partition coefficient (Wildman–Crippen LogP) is 3.32. The quantitative estimate of drug-likeness (QED) is 0.753. The zero-order chi connectivity index (χ0) is 17.1. The maximum Gasteiger partial charge on any atom is 0.254 e. The van der Waals surface area contributed by atoms with Crippen LogP contribution in [0, 0.1) is 20.8 Å². The minimum Gasteiger partial charge on any atom is -0.488 e. The largest absolute Gasteiger partial charge is 0.488 e. The first-order valence-electron chi connectivity index (χ1n) is 8.23. The van der Waals surface area contributed by atoms with E-state index in [2.05, 4.69) is 40.3 Å². The molecule has 0 aliphatic carbocycles. The molecule has 0 radical (unpaired) electrons. The lowest BCUT2D eigenvalue weighted by molar-refractivity contribution is 0.208. The standard InChI is InChI=1S/C18H23N5O/c1-5-15(24-16-9-7-6-8-12(16)2)10-19-17-13(3)14(4)22-18-20-11-21-23(17)18/h6-9,11,15,19H,5,10H2,1-4H3. The Hall–Kier alpha value is -2.63. The number of aryl methyl sites for hydroxylation is 2. The van der Waals surface area contributed by atoms with Crippen molar-refractivity contribution in [1.82, 2.24) is 19.6 Å². The number of ether oxygens (including phenoxy) is 1. The number of fused-ring (bicyclic) bond motifs is 1. The van der Waals surface area contributed by atoms with Gasteiger partial charge in [-0.05, 0) is 38.8 Å². The Morgan fingerprint density at radius 3 is 2.75 bits per heavy atom. The minimum absolute atomic E-state index is 0.0672. The molecule has 3 rings (SSSR count). The van der Waals surface area contributed by atoms with Gasteiger partial charge in [0.25, 0.3) is 5.78 Å². The van der Waals surface area contributed by atoms with Gasteiger partial charge in [-0.15, -0.1) is 0 Å². The normalized spacial score (nSPS) is 12.3. The number of benzene rings is 1. The number of rotatable bonds is 6. The zero-order valence-electron chi connectivity index (χ0n) is 14.6. The molecule has 6 nitrogen and oxygen atoms in total. The molecule has 24 heavy (non-hydrogen) atoms. The molecule has 1 aromatic carbocycles. The second kappa shape index (κ2) is 6.86. The number of hydrogen-bond donors (Lipinski definition) is 1. The summed E-state index contributed by atoms with van der Waals surface area (Å²) in [7, 11) is 0. The van der Waals surface area contributed by atoms with Crippen molar-refractivity contribution in [3.05, 3.63) is 47.4 Å². The maximum atomic E-state index is 6.16. The first kappa shape index (κ1) is 16.2. The fourth-order valence-electron chi connectivity index (χ4n) is 2.59. The van der Waals surface area contributed by atoms with Gasteiger partial charge < -0.3 is 10.1 Å². The molecule has 2 heterocycles. The molecular weight excluding hydrogens is 302 g/mol. The first-order valence-corrected chi connectivity index (χ1v) is 8.23. The van der Waals surface area contributed by atoms with Crippen molar-refractivity contribution >= 4 is 11.6 Å². The lowest BCUT2D eigenvalue weighted by Gasteiger charge is -2.21. The van der Waals surface area contributed by atoms with Crippen molar-refractivity contribution in [3.63, 3.8) is 0 Å². The highest BCUT2D eigenvalue weighted by Crippen LogP contribution is 2.21. The average molecular weight is 325 g/mol. The molecule has 0 aliphatic rings.